The number of amides is 1. The fourth-order valence-electron chi connectivity index (χ4n) is 5.54. The van der Waals surface area contributed by atoms with Crippen molar-refractivity contribution in [1.29, 1.82) is 5.26 Å². The molecule has 3 aliphatic rings. The van der Waals surface area contributed by atoms with Crippen LogP contribution in [0.3, 0.4) is 0 Å². The van der Waals surface area contributed by atoms with E-state index in [4.69, 9.17) is 0 Å². The van der Waals surface area contributed by atoms with Gasteiger partial charge in [0.05, 0.1) is 17.0 Å². The lowest BCUT2D eigenvalue weighted by Gasteiger charge is -2.48. The lowest BCUT2D eigenvalue weighted by atomic mass is 9.66. The van der Waals surface area contributed by atoms with Crippen LogP contribution in [0.2, 0.25) is 0 Å². The molecule has 1 amide bonds. The highest BCUT2D eigenvalue weighted by Gasteiger charge is 2.49. The van der Waals surface area contributed by atoms with Gasteiger partial charge in [-0.25, -0.2) is 0 Å². The summed E-state index contributed by atoms with van der Waals surface area (Å²) in [4.78, 5) is 18.8. The fraction of sp³-hybridized carbons (Fsp3) is 0.727. The topological polar surface area (TPSA) is 47.3 Å². The molecule has 1 aliphatic heterocycles. The third-order valence-corrected chi connectivity index (χ3v) is 8.87. The Kier molecular flexibility index (Phi) is 4.84. The van der Waals surface area contributed by atoms with Crippen LogP contribution in [0.1, 0.15) is 62.7 Å². The molecule has 0 aromatic carbocycles. The first-order valence-corrected chi connectivity index (χ1v) is 11.2. The average Bonchev–Trinajstić information content (AvgIpc) is 3.30. The van der Waals surface area contributed by atoms with Crippen molar-refractivity contribution in [2.24, 2.45) is 10.8 Å². The Balaban J connectivity index is 1.41. The van der Waals surface area contributed by atoms with E-state index in [-0.39, 0.29) is 16.9 Å². The van der Waals surface area contributed by atoms with Crippen LogP contribution in [-0.2, 0) is 10.3 Å². The Morgan fingerprint density at radius 2 is 1.96 bits per heavy atom. The number of nitrogens with zero attached hydrogens (tertiary/aromatic N) is 3. The van der Waals surface area contributed by atoms with Crippen LogP contribution in [-0.4, -0.2) is 42.9 Å². The summed E-state index contributed by atoms with van der Waals surface area (Å²) in [6, 6.07) is 6.88. The molecule has 2 saturated carbocycles. The quantitative estimate of drug-likeness (QED) is 0.773. The van der Waals surface area contributed by atoms with Gasteiger partial charge in [-0.1, -0.05) is 12.5 Å². The highest BCUT2D eigenvalue weighted by molar-refractivity contribution is 7.10. The lowest BCUT2D eigenvalue weighted by molar-refractivity contribution is -0.133. The Hall–Kier alpha value is -1.38. The van der Waals surface area contributed by atoms with E-state index < -0.39 is 0 Å². The van der Waals surface area contributed by atoms with E-state index in [9.17, 15) is 10.1 Å². The minimum Gasteiger partial charge on any atom is -0.342 e. The molecule has 1 saturated heterocycles. The maximum atomic E-state index is 12.8. The van der Waals surface area contributed by atoms with E-state index >= 15 is 0 Å². The molecule has 4 rings (SSSR count). The van der Waals surface area contributed by atoms with E-state index in [1.54, 1.807) is 0 Å². The van der Waals surface area contributed by atoms with Crippen LogP contribution >= 0.6 is 11.3 Å². The zero-order valence-electron chi connectivity index (χ0n) is 16.7. The predicted octanol–water partition coefficient (Wildman–Crippen LogP) is 4.38. The van der Waals surface area contributed by atoms with Crippen molar-refractivity contribution >= 4 is 17.2 Å². The number of carbonyl (C=O) groups is 1. The Labute approximate surface area is 167 Å². The maximum absolute atomic E-state index is 12.8. The summed E-state index contributed by atoms with van der Waals surface area (Å²) in [6.45, 7) is 1.79. The molecule has 5 heteroatoms. The second kappa shape index (κ2) is 6.90. The summed E-state index contributed by atoms with van der Waals surface area (Å²) in [5, 5.41) is 11.6. The van der Waals surface area contributed by atoms with Gasteiger partial charge in [-0.15, -0.1) is 11.3 Å². The highest BCUT2D eigenvalue weighted by Crippen LogP contribution is 2.53. The smallest absolute Gasteiger partial charge is 0.224 e. The zero-order chi connectivity index (χ0) is 19.1. The zero-order valence-corrected chi connectivity index (χ0v) is 17.5. The molecule has 4 nitrogen and oxygen atoms in total. The number of nitriles is 1. The second-order valence-electron chi connectivity index (χ2n) is 9.39. The van der Waals surface area contributed by atoms with E-state index in [0.717, 1.165) is 38.8 Å². The Morgan fingerprint density at radius 1 is 1.22 bits per heavy atom. The van der Waals surface area contributed by atoms with Crippen LogP contribution in [0, 0.1) is 22.2 Å². The largest absolute Gasteiger partial charge is 0.342 e. The van der Waals surface area contributed by atoms with Gasteiger partial charge in [0, 0.05) is 24.4 Å². The van der Waals surface area contributed by atoms with Gasteiger partial charge in [-0.3, -0.25) is 9.69 Å². The lowest BCUT2D eigenvalue weighted by Crippen LogP contribution is -2.47. The summed E-state index contributed by atoms with van der Waals surface area (Å²) in [7, 11) is 4.42. The molecule has 2 aliphatic carbocycles. The minimum atomic E-state index is -0.349. The molecule has 1 aromatic rings. The van der Waals surface area contributed by atoms with Gasteiger partial charge in [-0.2, -0.15) is 5.26 Å². The first-order valence-electron chi connectivity index (χ1n) is 10.3. The standard InChI is InChI=1S/C22H31N3OS/c1-24(2)22(18-5-3-14-27-18)10-8-20(9-11-22)12-13-25(17-20)19(26)15-21(16-23)6-4-7-21/h3,5,14H,4,6-13,15,17H2,1-2H3. The van der Waals surface area contributed by atoms with Crippen molar-refractivity contribution < 1.29 is 4.79 Å². The highest BCUT2D eigenvalue weighted by atomic mass is 32.1. The molecule has 0 unspecified atom stereocenters. The molecule has 1 aromatic heterocycles. The van der Waals surface area contributed by atoms with E-state index in [1.807, 2.05) is 11.3 Å². The first kappa shape index (κ1) is 19.0. The molecule has 146 valence electrons. The number of thiophene rings is 1. The van der Waals surface area contributed by atoms with Gasteiger partial charge in [0.2, 0.25) is 5.91 Å². The van der Waals surface area contributed by atoms with Crippen molar-refractivity contribution in [3.05, 3.63) is 22.4 Å². The average molecular weight is 386 g/mol. The van der Waals surface area contributed by atoms with Crippen LogP contribution < -0.4 is 0 Å². The van der Waals surface area contributed by atoms with Crippen molar-refractivity contribution in [2.75, 3.05) is 27.2 Å². The molecule has 2 heterocycles. The minimum absolute atomic E-state index is 0.160. The van der Waals surface area contributed by atoms with Crippen molar-refractivity contribution in [3.8, 4) is 6.07 Å². The van der Waals surface area contributed by atoms with Crippen LogP contribution in [0.5, 0.6) is 0 Å². The predicted molar refractivity (Wildman–Crippen MR) is 108 cm³/mol. The molecule has 0 atom stereocenters. The third-order valence-electron chi connectivity index (χ3n) is 7.80. The fourth-order valence-corrected chi connectivity index (χ4v) is 6.61. The number of hydrogen-bond acceptors (Lipinski definition) is 4. The first-order chi connectivity index (χ1) is 12.9. The van der Waals surface area contributed by atoms with E-state index in [1.165, 1.54) is 30.6 Å². The molecular formula is C22H31N3OS. The molecule has 27 heavy (non-hydrogen) atoms. The number of likely N-dealkylation sites (tertiary alicyclic amines) is 1. The number of carbonyl (C=O) groups excluding carboxylic acids is 1. The van der Waals surface area contributed by atoms with Gasteiger partial charge in [0.25, 0.3) is 0 Å². The van der Waals surface area contributed by atoms with Crippen molar-refractivity contribution in [1.82, 2.24) is 9.80 Å². The number of hydrogen-bond donors (Lipinski definition) is 0. The van der Waals surface area contributed by atoms with Gasteiger partial charge >= 0.3 is 0 Å². The Bertz CT molecular complexity index is 721. The molecule has 0 N–H and O–H groups in total. The van der Waals surface area contributed by atoms with Crippen LogP contribution in [0.15, 0.2) is 17.5 Å². The molecule has 1 spiro atoms. The summed E-state index contributed by atoms with van der Waals surface area (Å²) in [5.41, 5.74) is 0.109. The van der Waals surface area contributed by atoms with Crippen LogP contribution in [0.25, 0.3) is 0 Å². The van der Waals surface area contributed by atoms with Crippen LogP contribution in [0.4, 0.5) is 0 Å². The number of rotatable bonds is 4. The third kappa shape index (κ3) is 3.21. The van der Waals surface area contributed by atoms with Gasteiger partial charge in [0.1, 0.15) is 0 Å². The summed E-state index contributed by atoms with van der Waals surface area (Å²) < 4.78 is 0. The summed E-state index contributed by atoms with van der Waals surface area (Å²) in [6.07, 6.45) is 9.20. The molecule has 0 radical (unpaired) electrons. The molecule has 3 fully saturated rings. The SMILES string of the molecule is CN(C)C1(c2cccs2)CCC2(CCN(C(=O)CC3(C#N)CCC3)C2)CC1. The summed E-state index contributed by atoms with van der Waals surface area (Å²) >= 11 is 1.87. The normalized spacial score (nSPS) is 32.4. The van der Waals surface area contributed by atoms with Gasteiger partial charge < -0.3 is 4.90 Å². The Morgan fingerprint density at radius 3 is 2.48 bits per heavy atom. The van der Waals surface area contributed by atoms with Crippen molar-refractivity contribution in [2.45, 2.75) is 63.3 Å². The maximum Gasteiger partial charge on any atom is 0.224 e. The summed E-state index contributed by atoms with van der Waals surface area (Å²) in [5.74, 6) is 0.218. The molecule has 0 bridgehead atoms. The van der Waals surface area contributed by atoms with Gasteiger partial charge in [-0.05, 0) is 75.9 Å². The monoisotopic (exact) mass is 385 g/mol. The van der Waals surface area contributed by atoms with E-state index in [2.05, 4.69) is 47.5 Å². The van der Waals surface area contributed by atoms with Crippen molar-refractivity contribution in [3.63, 3.8) is 0 Å². The van der Waals surface area contributed by atoms with Gasteiger partial charge in [0.15, 0.2) is 0 Å². The second-order valence-corrected chi connectivity index (χ2v) is 10.3. The van der Waals surface area contributed by atoms with E-state index in [0.29, 0.717) is 11.8 Å². The molecular weight excluding hydrogens is 354 g/mol.